The highest BCUT2D eigenvalue weighted by atomic mass is 16.5. The largest absolute Gasteiger partial charge is 0.466 e. The Morgan fingerprint density at radius 2 is 1.86 bits per heavy atom. The van der Waals surface area contributed by atoms with E-state index in [0.717, 1.165) is 31.5 Å². The van der Waals surface area contributed by atoms with Gasteiger partial charge in [0.25, 0.3) is 0 Å². The molecule has 0 aromatic heterocycles. The molecule has 0 bridgehead atoms. The molecule has 3 nitrogen and oxygen atoms in total. The molecule has 2 aromatic carbocycles. The van der Waals surface area contributed by atoms with Gasteiger partial charge in [0.15, 0.2) is 0 Å². The van der Waals surface area contributed by atoms with Crippen molar-refractivity contribution in [2.75, 3.05) is 18.5 Å². The van der Waals surface area contributed by atoms with Crippen LogP contribution in [0, 0.1) is 0 Å². The molecule has 0 atom stereocenters. The Kier molecular flexibility index (Phi) is 6.07. The summed E-state index contributed by atoms with van der Waals surface area (Å²) in [5.74, 6) is -0.0833. The molecule has 2 rings (SSSR count). The molecule has 0 saturated heterocycles. The minimum atomic E-state index is -0.0833. The highest BCUT2D eigenvalue weighted by Gasteiger charge is 2.00. The monoisotopic (exact) mass is 285 g/mol. The first kappa shape index (κ1) is 15.4. The lowest BCUT2D eigenvalue weighted by molar-refractivity contribution is -0.143. The number of anilines is 1. The van der Waals surface area contributed by atoms with Gasteiger partial charge < -0.3 is 10.1 Å². The van der Waals surface area contributed by atoms with E-state index in [-0.39, 0.29) is 5.97 Å². The second-order valence-electron chi connectivity index (χ2n) is 5.10. The molecule has 3 heteroatoms. The summed E-state index contributed by atoms with van der Waals surface area (Å²) in [4.78, 5) is 11.2. The molecule has 2 aromatic rings. The van der Waals surface area contributed by atoms with Crippen LogP contribution in [0.5, 0.6) is 0 Å². The lowest BCUT2D eigenvalue weighted by Gasteiger charge is -2.07. The second-order valence-corrected chi connectivity index (χ2v) is 5.10. The number of nitrogens with one attached hydrogen (secondary N) is 1. The Morgan fingerprint density at radius 3 is 2.67 bits per heavy atom. The van der Waals surface area contributed by atoms with Crippen LogP contribution < -0.4 is 5.32 Å². The average Bonchev–Trinajstić information content (AvgIpc) is 2.51. The van der Waals surface area contributed by atoms with Crippen LogP contribution in [0.3, 0.4) is 0 Å². The van der Waals surface area contributed by atoms with Gasteiger partial charge in [-0.2, -0.15) is 0 Å². The Labute approximate surface area is 126 Å². The molecule has 0 unspecified atom stereocenters. The highest BCUT2D eigenvalue weighted by molar-refractivity contribution is 5.85. The third-order valence-electron chi connectivity index (χ3n) is 3.44. The van der Waals surface area contributed by atoms with Crippen molar-refractivity contribution in [1.82, 2.24) is 0 Å². The van der Waals surface area contributed by atoms with Gasteiger partial charge in [-0.1, -0.05) is 36.8 Å². The molecule has 1 N–H and O–H groups in total. The number of benzene rings is 2. The summed E-state index contributed by atoms with van der Waals surface area (Å²) >= 11 is 0. The molecule has 0 radical (unpaired) electrons. The minimum absolute atomic E-state index is 0.0833. The molecule has 21 heavy (non-hydrogen) atoms. The molecule has 0 aliphatic heterocycles. The summed E-state index contributed by atoms with van der Waals surface area (Å²) in [6, 6.07) is 14.8. The van der Waals surface area contributed by atoms with Crippen LogP contribution in [0.4, 0.5) is 5.69 Å². The molecule has 0 saturated carbocycles. The van der Waals surface area contributed by atoms with Gasteiger partial charge in [0.1, 0.15) is 0 Å². The van der Waals surface area contributed by atoms with Crippen molar-refractivity contribution in [2.24, 2.45) is 0 Å². The van der Waals surface area contributed by atoms with Gasteiger partial charge in [-0.15, -0.1) is 0 Å². The molecule has 0 aliphatic rings. The normalized spacial score (nSPS) is 10.5. The van der Waals surface area contributed by atoms with Crippen molar-refractivity contribution < 1.29 is 9.53 Å². The van der Waals surface area contributed by atoms with E-state index in [9.17, 15) is 4.79 Å². The zero-order chi connectivity index (χ0) is 14.9. The van der Waals surface area contributed by atoms with Crippen LogP contribution in [-0.4, -0.2) is 19.1 Å². The molecule has 0 spiro atoms. The van der Waals surface area contributed by atoms with Crippen molar-refractivity contribution in [3.63, 3.8) is 0 Å². The van der Waals surface area contributed by atoms with E-state index in [2.05, 4.69) is 47.8 Å². The predicted octanol–water partition coefficient (Wildman–Crippen LogP) is 4.38. The number of rotatable bonds is 8. The Bertz CT molecular complexity index is 580. The fourth-order valence-electron chi connectivity index (χ4n) is 2.34. The van der Waals surface area contributed by atoms with E-state index >= 15 is 0 Å². The van der Waals surface area contributed by atoms with Gasteiger partial charge in [0.05, 0.1) is 6.61 Å². The third-order valence-corrected chi connectivity index (χ3v) is 3.44. The molecule has 112 valence electrons. The maximum absolute atomic E-state index is 11.2. The van der Waals surface area contributed by atoms with E-state index in [4.69, 9.17) is 4.74 Å². The summed E-state index contributed by atoms with van der Waals surface area (Å²) in [5, 5.41) is 5.95. The Hall–Kier alpha value is -2.03. The van der Waals surface area contributed by atoms with Gasteiger partial charge in [0, 0.05) is 18.7 Å². The Balaban J connectivity index is 1.67. The maximum atomic E-state index is 11.2. The number of carbonyl (C=O) groups excluding carboxylic acids is 1. The fourth-order valence-corrected chi connectivity index (χ4v) is 2.34. The molecular weight excluding hydrogens is 262 g/mol. The van der Waals surface area contributed by atoms with Gasteiger partial charge in [-0.05, 0) is 42.7 Å². The summed E-state index contributed by atoms with van der Waals surface area (Å²) in [5.41, 5.74) is 1.15. The van der Waals surface area contributed by atoms with E-state index in [1.807, 2.05) is 6.92 Å². The minimum Gasteiger partial charge on any atom is -0.466 e. The van der Waals surface area contributed by atoms with Crippen molar-refractivity contribution in [2.45, 2.75) is 32.6 Å². The summed E-state index contributed by atoms with van der Waals surface area (Å²) < 4.78 is 4.90. The van der Waals surface area contributed by atoms with Gasteiger partial charge in [-0.3, -0.25) is 4.79 Å². The number of ether oxygens (including phenoxy) is 1. The number of carbonyl (C=O) groups is 1. The van der Waals surface area contributed by atoms with Gasteiger partial charge in [0.2, 0.25) is 0 Å². The van der Waals surface area contributed by atoms with Crippen molar-refractivity contribution in [3.05, 3.63) is 42.5 Å². The van der Waals surface area contributed by atoms with Gasteiger partial charge >= 0.3 is 5.97 Å². The van der Waals surface area contributed by atoms with E-state index in [1.165, 1.54) is 10.8 Å². The zero-order valence-electron chi connectivity index (χ0n) is 12.6. The summed E-state index contributed by atoms with van der Waals surface area (Å²) in [6.07, 6.45) is 3.54. The van der Waals surface area contributed by atoms with E-state index in [1.54, 1.807) is 0 Å². The zero-order valence-corrected chi connectivity index (χ0v) is 12.6. The Morgan fingerprint density at radius 1 is 1.05 bits per heavy atom. The summed E-state index contributed by atoms with van der Waals surface area (Å²) in [7, 11) is 0. The molecule has 0 fully saturated rings. The number of fused-ring (bicyclic) bond motifs is 1. The quantitative estimate of drug-likeness (QED) is 0.578. The van der Waals surface area contributed by atoms with E-state index < -0.39 is 0 Å². The van der Waals surface area contributed by atoms with Gasteiger partial charge in [-0.25, -0.2) is 0 Å². The average molecular weight is 285 g/mol. The molecule has 0 aliphatic carbocycles. The van der Waals surface area contributed by atoms with Crippen molar-refractivity contribution in [1.29, 1.82) is 0 Å². The molecular formula is C18H23NO2. The van der Waals surface area contributed by atoms with Crippen LogP contribution in [0.25, 0.3) is 10.8 Å². The SMILES string of the molecule is CCOC(=O)CCCCCNc1ccc2ccccc2c1. The lowest BCUT2D eigenvalue weighted by atomic mass is 10.1. The van der Waals surface area contributed by atoms with Crippen LogP contribution in [0.2, 0.25) is 0 Å². The van der Waals surface area contributed by atoms with Crippen LogP contribution in [0.1, 0.15) is 32.6 Å². The second kappa shape index (κ2) is 8.30. The van der Waals surface area contributed by atoms with Crippen molar-refractivity contribution in [3.8, 4) is 0 Å². The van der Waals surface area contributed by atoms with E-state index in [0.29, 0.717) is 13.0 Å². The van der Waals surface area contributed by atoms with Crippen LogP contribution in [0.15, 0.2) is 42.5 Å². The molecule has 0 amide bonds. The lowest BCUT2D eigenvalue weighted by Crippen LogP contribution is -2.04. The highest BCUT2D eigenvalue weighted by Crippen LogP contribution is 2.18. The molecule has 0 heterocycles. The topological polar surface area (TPSA) is 38.3 Å². The predicted molar refractivity (Wildman–Crippen MR) is 87.5 cm³/mol. The first-order chi connectivity index (χ1) is 10.3. The third kappa shape index (κ3) is 5.10. The standard InChI is InChI=1S/C18H23NO2/c1-2-21-18(20)10-4-3-7-13-19-17-12-11-15-8-5-6-9-16(15)14-17/h5-6,8-9,11-12,14,19H,2-4,7,10,13H2,1H3. The number of esters is 1. The number of unbranched alkanes of at least 4 members (excludes halogenated alkanes) is 2. The van der Waals surface area contributed by atoms with Crippen LogP contribution in [-0.2, 0) is 9.53 Å². The van der Waals surface area contributed by atoms with Crippen LogP contribution >= 0.6 is 0 Å². The fraction of sp³-hybridized carbons (Fsp3) is 0.389. The first-order valence-electron chi connectivity index (χ1n) is 7.68. The number of hydrogen-bond acceptors (Lipinski definition) is 3. The smallest absolute Gasteiger partial charge is 0.305 e. The first-order valence-corrected chi connectivity index (χ1v) is 7.68. The summed E-state index contributed by atoms with van der Waals surface area (Å²) in [6.45, 7) is 3.24. The van der Waals surface area contributed by atoms with Crippen molar-refractivity contribution >= 4 is 22.4 Å². The maximum Gasteiger partial charge on any atom is 0.305 e. The number of hydrogen-bond donors (Lipinski definition) is 1.